The lowest BCUT2D eigenvalue weighted by Gasteiger charge is -2.42. The molecule has 1 aliphatic carbocycles. The van der Waals surface area contributed by atoms with E-state index in [1.165, 1.54) is 12.0 Å². The summed E-state index contributed by atoms with van der Waals surface area (Å²) in [6, 6.07) is 21.3. The zero-order valence-electron chi connectivity index (χ0n) is 30.8. The SMILES string of the molecule is COC(=O)C1CCCN1C(=O)[C@H]1Cc2ccccc2CN1C(=O)[C@H]1CC[C@@H](c2ccccc2)N1C(=O)[C@H]1Cc2ccccc2N1C(=O)OC1CCCCC1. The molecule has 3 aromatic rings. The number of hydrogen-bond donors (Lipinski definition) is 0. The van der Waals surface area contributed by atoms with Crippen molar-refractivity contribution in [3.8, 4) is 0 Å². The van der Waals surface area contributed by atoms with Crippen molar-refractivity contribution in [1.82, 2.24) is 14.7 Å². The summed E-state index contributed by atoms with van der Waals surface area (Å²) in [6.45, 7) is 0.601. The molecule has 4 amide bonds. The fourth-order valence-corrected chi connectivity index (χ4v) is 9.50. The van der Waals surface area contributed by atoms with Gasteiger partial charge in [-0.1, -0.05) is 79.2 Å². The number of esters is 1. The minimum Gasteiger partial charge on any atom is -0.467 e. The molecule has 3 aromatic carbocycles. The third-order valence-electron chi connectivity index (χ3n) is 12.2. The molecular formula is C43H48N4O7. The molecule has 282 valence electrons. The molecule has 1 saturated carbocycles. The Labute approximate surface area is 316 Å². The maximum absolute atomic E-state index is 15.3. The van der Waals surface area contributed by atoms with Crippen LogP contribution in [0.4, 0.5) is 10.5 Å². The lowest BCUT2D eigenvalue weighted by Crippen LogP contribution is -2.60. The average molecular weight is 733 g/mol. The van der Waals surface area contributed by atoms with E-state index in [1.54, 1.807) is 14.7 Å². The predicted octanol–water partition coefficient (Wildman–Crippen LogP) is 5.74. The van der Waals surface area contributed by atoms with Crippen LogP contribution in [0.5, 0.6) is 0 Å². The third kappa shape index (κ3) is 6.62. The van der Waals surface area contributed by atoms with Crippen LogP contribution >= 0.6 is 0 Å². The van der Waals surface area contributed by atoms with E-state index in [0.717, 1.165) is 54.4 Å². The Morgan fingerprint density at radius 2 is 1.26 bits per heavy atom. The van der Waals surface area contributed by atoms with Crippen LogP contribution in [0.15, 0.2) is 78.9 Å². The van der Waals surface area contributed by atoms with Crippen LogP contribution in [-0.4, -0.2) is 88.4 Å². The molecule has 11 nitrogen and oxygen atoms in total. The van der Waals surface area contributed by atoms with E-state index in [0.29, 0.717) is 50.8 Å². The highest BCUT2D eigenvalue weighted by Gasteiger charge is 2.51. The number of rotatable bonds is 6. The largest absolute Gasteiger partial charge is 0.467 e. The van der Waals surface area contributed by atoms with Gasteiger partial charge in [-0.05, 0) is 79.7 Å². The van der Waals surface area contributed by atoms with Gasteiger partial charge < -0.3 is 24.2 Å². The molecule has 0 bridgehead atoms. The quantitative estimate of drug-likeness (QED) is 0.297. The zero-order valence-corrected chi connectivity index (χ0v) is 30.8. The Bertz CT molecular complexity index is 1910. The predicted molar refractivity (Wildman–Crippen MR) is 200 cm³/mol. The van der Waals surface area contributed by atoms with E-state index in [4.69, 9.17) is 9.47 Å². The summed E-state index contributed by atoms with van der Waals surface area (Å²) in [5.74, 6) is -1.38. The Balaban J connectivity index is 1.14. The van der Waals surface area contributed by atoms with Gasteiger partial charge in [0.2, 0.25) is 17.7 Å². The first-order valence-corrected chi connectivity index (χ1v) is 19.5. The first kappa shape index (κ1) is 35.8. The highest BCUT2D eigenvalue weighted by molar-refractivity contribution is 6.02. The maximum atomic E-state index is 15.3. The monoisotopic (exact) mass is 732 g/mol. The van der Waals surface area contributed by atoms with E-state index >= 15 is 9.59 Å². The number of likely N-dealkylation sites (tertiary alicyclic amines) is 2. The van der Waals surface area contributed by atoms with E-state index < -0.39 is 42.3 Å². The summed E-state index contributed by atoms with van der Waals surface area (Å²) < 4.78 is 11.1. The molecule has 8 rings (SSSR count). The van der Waals surface area contributed by atoms with Gasteiger partial charge in [0.1, 0.15) is 30.3 Å². The van der Waals surface area contributed by atoms with Crippen molar-refractivity contribution in [2.45, 2.75) is 113 Å². The van der Waals surface area contributed by atoms with Crippen molar-refractivity contribution in [2.75, 3.05) is 18.6 Å². The topological polar surface area (TPSA) is 117 Å². The van der Waals surface area contributed by atoms with Crippen LogP contribution in [0.3, 0.4) is 0 Å². The number of nitrogens with zero attached hydrogens (tertiary/aromatic N) is 4. The van der Waals surface area contributed by atoms with Gasteiger partial charge in [0, 0.05) is 25.9 Å². The lowest BCUT2D eigenvalue weighted by atomic mass is 9.92. The van der Waals surface area contributed by atoms with Crippen LogP contribution in [0.2, 0.25) is 0 Å². The second-order valence-corrected chi connectivity index (χ2v) is 15.3. The number of ether oxygens (including phenoxy) is 2. The van der Waals surface area contributed by atoms with Gasteiger partial charge >= 0.3 is 12.1 Å². The third-order valence-corrected chi connectivity index (χ3v) is 12.2. The van der Waals surface area contributed by atoms with Crippen LogP contribution in [0, 0.1) is 0 Å². The molecule has 0 N–H and O–H groups in total. The molecular weight excluding hydrogens is 684 g/mol. The Hall–Kier alpha value is -5.19. The van der Waals surface area contributed by atoms with Gasteiger partial charge in [0.15, 0.2) is 0 Å². The Morgan fingerprint density at radius 1 is 0.593 bits per heavy atom. The standard InChI is InChI=1S/C43H48N4O7/c1-53-42(51)36-21-12-24-44(36)40(49)37-25-29-15-8-9-17-31(29)27-45(37)39(48)35-23-22-34(28-13-4-2-5-14-28)46(35)41(50)38-26-30-16-10-11-20-33(30)47(38)43(52)54-32-18-6-3-7-19-32/h2,4-5,8-11,13-17,20,32,34-38H,3,6-7,12,18-19,21-27H2,1H3/t34-,35+,36?,37+,38+/m0/s1. The zero-order chi connectivity index (χ0) is 37.3. The van der Waals surface area contributed by atoms with Crippen molar-refractivity contribution in [3.05, 3.63) is 101 Å². The fourth-order valence-electron chi connectivity index (χ4n) is 9.50. The fraction of sp³-hybridized carbons (Fsp3) is 0.465. The van der Waals surface area contributed by atoms with Crippen LogP contribution in [0.1, 0.15) is 86.1 Å². The number of hydrogen-bond acceptors (Lipinski definition) is 7. The van der Waals surface area contributed by atoms with Gasteiger partial charge in [-0.3, -0.25) is 19.3 Å². The van der Waals surface area contributed by atoms with E-state index in [1.807, 2.05) is 78.9 Å². The van der Waals surface area contributed by atoms with Gasteiger partial charge in [0.25, 0.3) is 0 Å². The van der Waals surface area contributed by atoms with Crippen LogP contribution < -0.4 is 4.90 Å². The molecule has 54 heavy (non-hydrogen) atoms. The van der Waals surface area contributed by atoms with E-state index in [2.05, 4.69) is 0 Å². The maximum Gasteiger partial charge on any atom is 0.415 e. The van der Waals surface area contributed by atoms with E-state index in [9.17, 15) is 14.4 Å². The second kappa shape index (κ2) is 15.3. The van der Waals surface area contributed by atoms with Crippen molar-refractivity contribution >= 4 is 35.5 Å². The summed E-state index contributed by atoms with van der Waals surface area (Å²) in [5, 5.41) is 0. The Kier molecular flexibility index (Phi) is 10.1. The van der Waals surface area contributed by atoms with Crippen LogP contribution in [-0.2, 0) is 48.0 Å². The van der Waals surface area contributed by atoms with Crippen molar-refractivity contribution in [3.63, 3.8) is 0 Å². The molecule has 0 radical (unpaired) electrons. The highest BCUT2D eigenvalue weighted by atomic mass is 16.6. The summed E-state index contributed by atoms with van der Waals surface area (Å²) in [7, 11) is 1.32. The van der Waals surface area contributed by atoms with Gasteiger partial charge in [-0.25, -0.2) is 9.59 Å². The molecule has 0 aromatic heterocycles. The molecule has 3 fully saturated rings. The minimum atomic E-state index is -0.900. The molecule has 2 saturated heterocycles. The lowest BCUT2D eigenvalue weighted by molar-refractivity contribution is -0.157. The first-order valence-electron chi connectivity index (χ1n) is 19.5. The van der Waals surface area contributed by atoms with Crippen molar-refractivity contribution < 1.29 is 33.4 Å². The van der Waals surface area contributed by atoms with Crippen LogP contribution in [0.25, 0.3) is 0 Å². The number of carbonyl (C=O) groups excluding carboxylic acids is 5. The number of amides is 4. The molecule has 5 atom stereocenters. The highest BCUT2D eigenvalue weighted by Crippen LogP contribution is 2.42. The number of fused-ring (bicyclic) bond motifs is 2. The summed E-state index contributed by atoms with van der Waals surface area (Å²) in [4.78, 5) is 78.1. The first-order chi connectivity index (χ1) is 26.3. The number of para-hydroxylation sites is 1. The number of methoxy groups -OCH3 is 1. The van der Waals surface area contributed by atoms with Gasteiger partial charge in [-0.2, -0.15) is 0 Å². The summed E-state index contributed by atoms with van der Waals surface area (Å²) >= 11 is 0. The van der Waals surface area contributed by atoms with Crippen molar-refractivity contribution in [1.29, 1.82) is 0 Å². The molecule has 4 aliphatic heterocycles. The number of carbonyl (C=O) groups is 5. The van der Waals surface area contributed by atoms with Crippen molar-refractivity contribution in [2.24, 2.45) is 0 Å². The van der Waals surface area contributed by atoms with Gasteiger partial charge in [0.05, 0.1) is 18.8 Å². The average Bonchev–Trinajstić information content (AvgIpc) is 3.98. The van der Waals surface area contributed by atoms with Gasteiger partial charge in [-0.15, -0.1) is 0 Å². The minimum absolute atomic E-state index is 0.196. The Morgan fingerprint density at radius 3 is 2.02 bits per heavy atom. The molecule has 1 unspecified atom stereocenters. The normalized spacial score (nSPS) is 25.2. The smallest absolute Gasteiger partial charge is 0.415 e. The molecule has 5 aliphatic rings. The number of anilines is 1. The molecule has 0 spiro atoms. The summed E-state index contributed by atoms with van der Waals surface area (Å²) in [6.07, 6.45) is 6.68. The second-order valence-electron chi connectivity index (χ2n) is 15.3. The number of benzene rings is 3. The molecule has 11 heteroatoms. The van der Waals surface area contributed by atoms with E-state index in [-0.39, 0.29) is 30.4 Å². The molecule has 4 heterocycles. The summed E-state index contributed by atoms with van der Waals surface area (Å²) in [5.41, 5.74) is 4.35.